The van der Waals surface area contributed by atoms with Crippen LogP contribution in [0.1, 0.15) is 6.92 Å². The van der Waals surface area contributed by atoms with Gasteiger partial charge in [-0.1, -0.05) is 28.6 Å². The summed E-state index contributed by atoms with van der Waals surface area (Å²) in [6.07, 6.45) is 5.98. The summed E-state index contributed by atoms with van der Waals surface area (Å²) >= 11 is 3.25. The van der Waals surface area contributed by atoms with Gasteiger partial charge in [0.25, 0.3) is 0 Å². The second-order valence-electron chi connectivity index (χ2n) is 2.39. The second kappa shape index (κ2) is 5.19. The molecule has 1 nitrogen and oxygen atoms in total. The molecular formula is C9H14BrN. The first kappa shape index (κ1) is 10.5. The van der Waals surface area contributed by atoms with Crippen molar-refractivity contribution in [3.8, 4) is 0 Å². The van der Waals surface area contributed by atoms with Gasteiger partial charge in [0, 0.05) is 24.3 Å². The maximum Gasteiger partial charge on any atom is 0.0318 e. The highest BCUT2D eigenvalue weighted by atomic mass is 79.9. The van der Waals surface area contributed by atoms with Crippen LogP contribution in [0.2, 0.25) is 0 Å². The predicted molar refractivity (Wildman–Crippen MR) is 54.7 cm³/mol. The number of hydrogen-bond donors (Lipinski definition) is 0. The predicted octanol–water partition coefficient (Wildman–Crippen LogP) is 2.92. The molecule has 0 saturated carbocycles. The highest BCUT2D eigenvalue weighted by Crippen LogP contribution is 2.06. The van der Waals surface area contributed by atoms with Crippen LogP contribution in [-0.4, -0.2) is 19.0 Å². The van der Waals surface area contributed by atoms with Crippen LogP contribution in [0.15, 0.2) is 35.0 Å². The smallest absolute Gasteiger partial charge is 0.0318 e. The molecule has 0 radical (unpaired) electrons. The van der Waals surface area contributed by atoms with Crippen LogP contribution in [-0.2, 0) is 0 Å². The van der Waals surface area contributed by atoms with Crippen molar-refractivity contribution in [2.24, 2.45) is 0 Å². The van der Waals surface area contributed by atoms with Crippen LogP contribution in [0.5, 0.6) is 0 Å². The van der Waals surface area contributed by atoms with Crippen LogP contribution in [0, 0.1) is 0 Å². The number of rotatable bonds is 3. The standard InChI is InChI=1S/C9H14BrN/c1-5-9(11(3)4)7-6-8(2)10/h5-7H,2H2,1,3-4H3/b7-6-,9-5+. The molecule has 62 valence electrons. The molecule has 0 N–H and O–H groups in total. The summed E-state index contributed by atoms with van der Waals surface area (Å²) in [4.78, 5) is 2.05. The van der Waals surface area contributed by atoms with Crippen molar-refractivity contribution in [2.75, 3.05) is 14.1 Å². The average molecular weight is 216 g/mol. The van der Waals surface area contributed by atoms with Crippen molar-refractivity contribution in [3.05, 3.63) is 35.0 Å². The molecule has 0 unspecified atom stereocenters. The molecule has 0 atom stereocenters. The van der Waals surface area contributed by atoms with E-state index in [4.69, 9.17) is 0 Å². The topological polar surface area (TPSA) is 3.24 Å². The minimum absolute atomic E-state index is 0.888. The lowest BCUT2D eigenvalue weighted by atomic mass is 10.3. The summed E-state index contributed by atoms with van der Waals surface area (Å²) < 4.78 is 0.888. The number of likely N-dealkylation sites (N-methyl/N-ethyl adjacent to an activating group) is 1. The lowest BCUT2D eigenvalue weighted by molar-refractivity contribution is 0.529. The molecule has 2 heteroatoms. The minimum Gasteiger partial charge on any atom is -0.378 e. The zero-order valence-electron chi connectivity index (χ0n) is 7.26. The molecule has 0 aromatic rings. The Hall–Kier alpha value is -0.500. The van der Waals surface area contributed by atoms with E-state index >= 15 is 0 Å². The van der Waals surface area contributed by atoms with Gasteiger partial charge in [-0.3, -0.25) is 0 Å². The van der Waals surface area contributed by atoms with Gasteiger partial charge in [0.1, 0.15) is 0 Å². The molecule has 11 heavy (non-hydrogen) atoms. The van der Waals surface area contributed by atoms with Crippen molar-refractivity contribution in [1.82, 2.24) is 4.90 Å². The molecule has 0 rings (SSSR count). The maximum atomic E-state index is 3.70. The third-order valence-electron chi connectivity index (χ3n) is 1.25. The van der Waals surface area contributed by atoms with Crippen LogP contribution in [0.25, 0.3) is 0 Å². The normalized spacial score (nSPS) is 12.2. The highest BCUT2D eigenvalue weighted by Gasteiger charge is 1.90. The molecule has 0 aromatic heterocycles. The number of allylic oxidation sites excluding steroid dienone is 4. The Balaban J connectivity index is 4.22. The first-order valence-electron chi connectivity index (χ1n) is 3.44. The Morgan fingerprint density at radius 1 is 1.36 bits per heavy atom. The van der Waals surface area contributed by atoms with Gasteiger partial charge >= 0.3 is 0 Å². The number of nitrogens with zero attached hydrogens (tertiary/aromatic N) is 1. The first-order chi connectivity index (χ1) is 5.07. The fourth-order valence-electron chi connectivity index (χ4n) is 0.679. The van der Waals surface area contributed by atoms with E-state index in [2.05, 4.69) is 22.5 Å². The Morgan fingerprint density at radius 2 is 1.91 bits per heavy atom. The van der Waals surface area contributed by atoms with Gasteiger partial charge in [0.05, 0.1) is 0 Å². The Kier molecular flexibility index (Phi) is 4.95. The Morgan fingerprint density at radius 3 is 2.18 bits per heavy atom. The summed E-state index contributed by atoms with van der Waals surface area (Å²) in [5.41, 5.74) is 1.17. The summed E-state index contributed by atoms with van der Waals surface area (Å²) in [6.45, 7) is 5.72. The summed E-state index contributed by atoms with van der Waals surface area (Å²) in [5.74, 6) is 0. The van der Waals surface area contributed by atoms with E-state index in [0.717, 1.165) is 4.48 Å². The van der Waals surface area contributed by atoms with E-state index in [1.54, 1.807) is 0 Å². The minimum atomic E-state index is 0.888. The monoisotopic (exact) mass is 215 g/mol. The molecule has 0 aliphatic rings. The molecule has 0 aliphatic heterocycles. The van der Waals surface area contributed by atoms with Crippen LogP contribution >= 0.6 is 15.9 Å². The maximum absolute atomic E-state index is 3.70. The molecule has 0 heterocycles. The molecule has 0 aromatic carbocycles. The fourth-order valence-corrected chi connectivity index (χ4v) is 0.811. The first-order valence-corrected chi connectivity index (χ1v) is 4.23. The molecule has 0 amide bonds. The zero-order valence-corrected chi connectivity index (χ0v) is 8.85. The van der Waals surface area contributed by atoms with Crippen molar-refractivity contribution in [3.63, 3.8) is 0 Å². The Labute approximate surface area is 77.2 Å². The van der Waals surface area contributed by atoms with E-state index in [0.29, 0.717) is 0 Å². The van der Waals surface area contributed by atoms with Crippen LogP contribution in [0.3, 0.4) is 0 Å². The lowest BCUT2D eigenvalue weighted by Crippen LogP contribution is -2.08. The number of halogens is 1. The molecule has 0 bridgehead atoms. The van der Waals surface area contributed by atoms with Crippen molar-refractivity contribution in [2.45, 2.75) is 6.92 Å². The Bertz CT molecular complexity index is 190. The second-order valence-corrected chi connectivity index (χ2v) is 3.41. The van der Waals surface area contributed by atoms with Gasteiger partial charge in [-0.15, -0.1) is 0 Å². The molecule has 0 fully saturated rings. The quantitative estimate of drug-likeness (QED) is 0.655. The van der Waals surface area contributed by atoms with Crippen molar-refractivity contribution >= 4 is 15.9 Å². The van der Waals surface area contributed by atoms with Gasteiger partial charge < -0.3 is 4.90 Å². The largest absolute Gasteiger partial charge is 0.378 e. The van der Waals surface area contributed by atoms with Crippen molar-refractivity contribution in [1.29, 1.82) is 0 Å². The third-order valence-corrected chi connectivity index (χ3v) is 1.51. The summed E-state index contributed by atoms with van der Waals surface area (Å²) in [6, 6.07) is 0. The SMILES string of the molecule is C=C(Br)/C=C\C(=C/C)N(C)C. The van der Waals surface area contributed by atoms with E-state index in [1.165, 1.54) is 5.70 Å². The highest BCUT2D eigenvalue weighted by molar-refractivity contribution is 9.11. The van der Waals surface area contributed by atoms with Gasteiger partial charge in [-0.05, 0) is 19.1 Å². The fraction of sp³-hybridized carbons (Fsp3) is 0.333. The van der Waals surface area contributed by atoms with Crippen LogP contribution < -0.4 is 0 Å². The van der Waals surface area contributed by atoms with Gasteiger partial charge in [-0.2, -0.15) is 0 Å². The summed E-state index contributed by atoms with van der Waals surface area (Å²) in [7, 11) is 4.02. The third kappa shape index (κ3) is 4.85. The zero-order chi connectivity index (χ0) is 8.85. The van der Waals surface area contributed by atoms with Gasteiger partial charge in [0.15, 0.2) is 0 Å². The lowest BCUT2D eigenvalue weighted by Gasteiger charge is -2.12. The van der Waals surface area contributed by atoms with E-state index in [-0.39, 0.29) is 0 Å². The van der Waals surface area contributed by atoms with E-state index in [1.807, 2.05) is 44.1 Å². The van der Waals surface area contributed by atoms with Gasteiger partial charge in [-0.25, -0.2) is 0 Å². The van der Waals surface area contributed by atoms with Crippen LogP contribution in [0.4, 0.5) is 0 Å². The van der Waals surface area contributed by atoms with E-state index < -0.39 is 0 Å². The molecule has 0 saturated heterocycles. The average Bonchev–Trinajstić information content (AvgIpc) is 1.87. The van der Waals surface area contributed by atoms with Gasteiger partial charge in [0.2, 0.25) is 0 Å². The molecular weight excluding hydrogens is 202 g/mol. The molecule has 0 spiro atoms. The van der Waals surface area contributed by atoms with E-state index in [9.17, 15) is 0 Å². The number of hydrogen-bond acceptors (Lipinski definition) is 1. The summed E-state index contributed by atoms with van der Waals surface area (Å²) in [5, 5.41) is 0. The molecule has 0 aliphatic carbocycles. The van der Waals surface area contributed by atoms with Crippen molar-refractivity contribution < 1.29 is 0 Å².